The molecule has 0 aliphatic rings. The summed E-state index contributed by atoms with van der Waals surface area (Å²) >= 11 is 11.1. The topological polar surface area (TPSA) is 35.2 Å². The van der Waals surface area contributed by atoms with Gasteiger partial charge in [-0.05, 0) is 37.5 Å². The van der Waals surface area contributed by atoms with Crippen molar-refractivity contribution in [3.05, 3.63) is 28.8 Å². The van der Waals surface area contributed by atoms with E-state index in [2.05, 4.69) is 13.8 Å². The zero-order chi connectivity index (χ0) is 13.8. The number of aryl methyl sites for hydroxylation is 1. The maximum absolute atomic E-state index is 6.05. The summed E-state index contributed by atoms with van der Waals surface area (Å²) in [6.45, 7) is 6.73. The molecule has 1 aromatic carbocycles. The van der Waals surface area contributed by atoms with Gasteiger partial charge >= 0.3 is 0 Å². The summed E-state index contributed by atoms with van der Waals surface area (Å²) in [5.74, 6) is 0.741. The molecule has 0 aromatic heterocycles. The van der Waals surface area contributed by atoms with E-state index in [1.165, 1.54) is 0 Å². The first kappa shape index (κ1) is 15.3. The lowest BCUT2D eigenvalue weighted by Crippen LogP contribution is -2.30. The van der Waals surface area contributed by atoms with Crippen LogP contribution in [0.25, 0.3) is 0 Å². The Balaban J connectivity index is 2.43. The summed E-state index contributed by atoms with van der Waals surface area (Å²) < 4.78 is 5.68. The van der Waals surface area contributed by atoms with Crippen molar-refractivity contribution in [3.63, 3.8) is 0 Å². The van der Waals surface area contributed by atoms with Gasteiger partial charge in [0.1, 0.15) is 5.75 Å². The molecule has 0 atom stereocenters. The average molecular weight is 286 g/mol. The van der Waals surface area contributed by atoms with Crippen molar-refractivity contribution in [2.75, 3.05) is 6.61 Å². The van der Waals surface area contributed by atoms with Gasteiger partial charge < -0.3 is 10.5 Å². The van der Waals surface area contributed by atoms with Gasteiger partial charge in [-0.15, -0.1) is 0 Å². The van der Waals surface area contributed by atoms with Crippen LogP contribution >= 0.6 is 23.8 Å². The second-order valence-corrected chi connectivity index (χ2v) is 5.98. The maximum Gasteiger partial charge on any atom is 0.138 e. The van der Waals surface area contributed by atoms with E-state index in [1.54, 1.807) is 0 Å². The Hall–Kier alpha value is -0.800. The summed E-state index contributed by atoms with van der Waals surface area (Å²) in [7, 11) is 0. The average Bonchev–Trinajstić information content (AvgIpc) is 2.28. The maximum atomic E-state index is 6.05. The third-order valence-electron chi connectivity index (χ3n) is 2.96. The van der Waals surface area contributed by atoms with Gasteiger partial charge in [-0.3, -0.25) is 0 Å². The van der Waals surface area contributed by atoms with Crippen LogP contribution in [-0.4, -0.2) is 11.6 Å². The first-order chi connectivity index (χ1) is 8.33. The number of halogens is 1. The lowest BCUT2D eigenvalue weighted by molar-refractivity contribution is 0.288. The van der Waals surface area contributed by atoms with Crippen LogP contribution in [0.4, 0.5) is 0 Å². The molecular weight excluding hydrogens is 266 g/mol. The number of benzene rings is 1. The summed E-state index contributed by atoms with van der Waals surface area (Å²) in [4.78, 5) is 0.552. The molecule has 100 valence electrons. The smallest absolute Gasteiger partial charge is 0.138 e. The van der Waals surface area contributed by atoms with E-state index in [1.807, 2.05) is 25.1 Å². The van der Waals surface area contributed by atoms with Gasteiger partial charge in [0.25, 0.3) is 0 Å². The predicted octanol–water partition coefficient (Wildman–Crippen LogP) is 4.12. The summed E-state index contributed by atoms with van der Waals surface area (Å²) in [6, 6.07) is 5.76. The second-order valence-electron chi connectivity index (χ2n) is 5.13. The molecule has 0 heterocycles. The Labute approximate surface area is 119 Å². The van der Waals surface area contributed by atoms with Crippen molar-refractivity contribution in [2.24, 2.45) is 11.1 Å². The quantitative estimate of drug-likeness (QED) is 0.631. The first-order valence-corrected chi connectivity index (χ1v) is 6.80. The predicted molar refractivity (Wildman–Crippen MR) is 81.5 cm³/mol. The molecule has 0 saturated heterocycles. The highest BCUT2D eigenvalue weighted by Crippen LogP contribution is 2.26. The zero-order valence-corrected chi connectivity index (χ0v) is 12.7. The lowest BCUT2D eigenvalue weighted by Gasteiger charge is -2.22. The molecule has 1 rings (SSSR count). The zero-order valence-electron chi connectivity index (χ0n) is 11.1. The second kappa shape index (κ2) is 6.39. The van der Waals surface area contributed by atoms with Crippen LogP contribution in [0.1, 0.15) is 32.3 Å². The molecule has 1 aromatic rings. The van der Waals surface area contributed by atoms with Crippen LogP contribution in [0.5, 0.6) is 5.75 Å². The Morgan fingerprint density at radius 1 is 1.44 bits per heavy atom. The lowest BCUT2D eigenvalue weighted by atomic mass is 9.88. The van der Waals surface area contributed by atoms with Crippen molar-refractivity contribution in [2.45, 2.75) is 33.6 Å². The Kier molecular flexibility index (Phi) is 5.42. The molecule has 0 aliphatic carbocycles. The molecule has 0 radical (unpaired) electrons. The van der Waals surface area contributed by atoms with Crippen molar-refractivity contribution in [1.29, 1.82) is 0 Å². The standard InChI is InChI=1S/C14H20ClNOS/c1-10-5-6-11(15)12(9-10)17-8-4-7-14(2,3)13(16)18/h5-6,9H,4,7-8H2,1-3H3,(H2,16,18). The number of nitrogens with two attached hydrogens (primary N) is 1. The van der Waals surface area contributed by atoms with E-state index < -0.39 is 0 Å². The van der Waals surface area contributed by atoms with Crippen LogP contribution < -0.4 is 10.5 Å². The van der Waals surface area contributed by atoms with Gasteiger partial charge in [-0.2, -0.15) is 0 Å². The van der Waals surface area contributed by atoms with Gasteiger partial charge in [0, 0.05) is 5.41 Å². The van der Waals surface area contributed by atoms with Gasteiger partial charge in [-0.25, -0.2) is 0 Å². The first-order valence-electron chi connectivity index (χ1n) is 6.02. The van der Waals surface area contributed by atoms with Gasteiger partial charge in [-0.1, -0.05) is 43.7 Å². The van der Waals surface area contributed by atoms with Gasteiger partial charge in [0.15, 0.2) is 0 Å². The largest absolute Gasteiger partial charge is 0.492 e. The Bertz CT molecular complexity index is 432. The molecule has 0 fully saturated rings. The monoisotopic (exact) mass is 285 g/mol. The molecule has 0 amide bonds. The fourth-order valence-corrected chi connectivity index (χ4v) is 1.81. The van der Waals surface area contributed by atoms with E-state index in [0.29, 0.717) is 16.6 Å². The SMILES string of the molecule is Cc1ccc(Cl)c(OCCCC(C)(C)C(N)=S)c1. The molecule has 0 aliphatic heterocycles. The van der Waals surface area contributed by atoms with Crippen molar-refractivity contribution >= 4 is 28.8 Å². The number of hydrogen-bond acceptors (Lipinski definition) is 2. The van der Waals surface area contributed by atoms with Crippen molar-refractivity contribution in [1.82, 2.24) is 0 Å². The summed E-state index contributed by atoms with van der Waals surface area (Å²) in [5, 5.41) is 0.647. The van der Waals surface area contributed by atoms with E-state index >= 15 is 0 Å². The highest BCUT2D eigenvalue weighted by molar-refractivity contribution is 7.80. The molecular formula is C14H20ClNOS. The van der Waals surface area contributed by atoms with E-state index in [4.69, 9.17) is 34.3 Å². The molecule has 0 saturated carbocycles. The molecule has 2 N–H and O–H groups in total. The number of rotatable bonds is 6. The van der Waals surface area contributed by atoms with Gasteiger partial charge in [0.2, 0.25) is 0 Å². The summed E-state index contributed by atoms with van der Waals surface area (Å²) in [6.07, 6.45) is 1.81. The van der Waals surface area contributed by atoms with Crippen molar-refractivity contribution < 1.29 is 4.74 Å². The molecule has 2 nitrogen and oxygen atoms in total. The number of hydrogen-bond donors (Lipinski definition) is 1. The van der Waals surface area contributed by atoms with Gasteiger partial charge in [0.05, 0.1) is 16.6 Å². The van der Waals surface area contributed by atoms with Crippen LogP contribution in [0, 0.1) is 12.3 Å². The molecule has 0 bridgehead atoms. The third-order valence-corrected chi connectivity index (χ3v) is 3.82. The Morgan fingerprint density at radius 2 is 2.11 bits per heavy atom. The fraction of sp³-hybridized carbons (Fsp3) is 0.500. The minimum atomic E-state index is -0.116. The molecule has 0 spiro atoms. The van der Waals surface area contributed by atoms with E-state index in [0.717, 1.165) is 24.2 Å². The van der Waals surface area contributed by atoms with E-state index in [9.17, 15) is 0 Å². The van der Waals surface area contributed by atoms with E-state index in [-0.39, 0.29) is 5.41 Å². The minimum absolute atomic E-state index is 0.116. The van der Waals surface area contributed by atoms with Crippen LogP contribution in [0.2, 0.25) is 5.02 Å². The highest BCUT2D eigenvalue weighted by Gasteiger charge is 2.20. The number of thiocarbonyl (C=S) groups is 1. The third kappa shape index (κ3) is 4.46. The van der Waals surface area contributed by atoms with Crippen LogP contribution in [0.15, 0.2) is 18.2 Å². The fourth-order valence-electron chi connectivity index (χ4n) is 1.54. The molecule has 18 heavy (non-hydrogen) atoms. The Morgan fingerprint density at radius 3 is 2.72 bits per heavy atom. The molecule has 0 unspecified atom stereocenters. The number of ether oxygens (including phenoxy) is 1. The van der Waals surface area contributed by atoms with Crippen LogP contribution in [0.3, 0.4) is 0 Å². The van der Waals surface area contributed by atoms with Crippen molar-refractivity contribution in [3.8, 4) is 5.75 Å². The summed E-state index contributed by atoms with van der Waals surface area (Å²) in [5.41, 5.74) is 6.70. The normalized spacial score (nSPS) is 11.3. The molecule has 4 heteroatoms. The van der Waals surface area contributed by atoms with Crippen LogP contribution in [-0.2, 0) is 0 Å². The minimum Gasteiger partial charge on any atom is -0.492 e. The highest BCUT2D eigenvalue weighted by atomic mass is 35.5.